The van der Waals surface area contributed by atoms with Gasteiger partial charge >= 0.3 is 5.97 Å². The van der Waals surface area contributed by atoms with Gasteiger partial charge in [0.25, 0.3) is 5.69 Å². The van der Waals surface area contributed by atoms with Crippen LogP contribution >= 0.6 is 0 Å². The number of hydrogen-bond donors (Lipinski definition) is 0. The van der Waals surface area contributed by atoms with Crippen molar-refractivity contribution in [1.82, 2.24) is 9.78 Å². The summed E-state index contributed by atoms with van der Waals surface area (Å²) in [5.74, 6) is -0.526. The van der Waals surface area contributed by atoms with Gasteiger partial charge in [-0.05, 0) is 31.5 Å². The number of methoxy groups -OCH3 is 1. The van der Waals surface area contributed by atoms with Gasteiger partial charge in [0, 0.05) is 17.8 Å². The van der Waals surface area contributed by atoms with Gasteiger partial charge in [0.05, 0.1) is 29.8 Å². The second-order valence-electron chi connectivity index (χ2n) is 4.67. The normalized spacial score (nSPS) is 10.4. The van der Waals surface area contributed by atoms with Gasteiger partial charge in [-0.2, -0.15) is 5.10 Å². The number of aryl methyl sites for hydroxylation is 2. The maximum Gasteiger partial charge on any atom is 0.338 e. The summed E-state index contributed by atoms with van der Waals surface area (Å²) < 4.78 is 6.41. The van der Waals surface area contributed by atoms with E-state index in [0.717, 1.165) is 11.4 Å². The van der Waals surface area contributed by atoms with E-state index in [1.807, 2.05) is 19.9 Å². The Balaban J connectivity index is 2.47. The Morgan fingerprint density at radius 1 is 1.38 bits per heavy atom. The van der Waals surface area contributed by atoms with Gasteiger partial charge in [0.2, 0.25) is 0 Å². The fourth-order valence-corrected chi connectivity index (χ4v) is 2.13. The zero-order chi connectivity index (χ0) is 15.6. The topological polar surface area (TPSA) is 87.3 Å². The van der Waals surface area contributed by atoms with Crippen molar-refractivity contribution in [3.63, 3.8) is 0 Å². The molecule has 0 fully saturated rings. The van der Waals surface area contributed by atoms with Crippen LogP contribution in [0.5, 0.6) is 0 Å². The van der Waals surface area contributed by atoms with Gasteiger partial charge in [0.1, 0.15) is 0 Å². The molecule has 0 aliphatic heterocycles. The molecule has 1 aromatic heterocycles. The molecule has 0 amide bonds. The predicted molar refractivity (Wildman–Crippen MR) is 75.2 cm³/mol. The van der Waals surface area contributed by atoms with Gasteiger partial charge in [-0.25, -0.2) is 4.79 Å². The molecule has 0 saturated heterocycles. The maximum atomic E-state index is 11.8. The van der Waals surface area contributed by atoms with Crippen molar-refractivity contribution in [1.29, 1.82) is 0 Å². The molecule has 0 aliphatic carbocycles. The van der Waals surface area contributed by atoms with Crippen molar-refractivity contribution in [3.8, 4) is 0 Å². The minimum absolute atomic E-state index is 0.0702. The number of nitrogens with zero attached hydrogens (tertiary/aromatic N) is 3. The number of non-ortho nitro benzene ring substituents is 1. The molecular weight excluding hydrogens is 274 g/mol. The highest BCUT2D eigenvalue weighted by Gasteiger charge is 2.17. The maximum absolute atomic E-state index is 11.8. The number of carbonyl (C=O) groups is 1. The first-order valence-electron chi connectivity index (χ1n) is 6.29. The second-order valence-corrected chi connectivity index (χ2v) is 4.67. The van der Waals surface area contributed by atoms with E-state index >= 15 is 0 Å². The first-order chi connectivity index (χ1) is 9.92. The molecule has 0 N–H and O–H groups in total. The summed E-state index contributed by atoms with van der Waals surface area (Å²) in [6.45, 7) is 4.01. The summed E-state index contributed by atoms with van der Waals surface area (Å²) in [5.41, 5.74) is 2.49. The van der Waals surface area contributed by atoms with E-state index in [-0.39, 0.29) is 12.2 Å². The molecule has 7 nitrogen and oxygen atoms in total. The number of ether oxygens (including phenoxy) is 1. The summed E-state index contributed by atoms with van der Waals surface area (Å²) in [5, 5.41) is 15.2. The molecule has 7 heteroatoms. The lowest BCUT2D eigenvalue weighted by Crippen LogP contribution is -2.11. The van der Waals surface area contributed by atoms with Crippen molar-refractivity contribution in [2.24, 2.45) is 0 Å². The monoisotopic (exact) mass is 289 g/mol. The highest BCUT2D eigenvalue weighted by Crippen LogP contribution is 2.20. The first kappa shape index (κ1) is 14.7. The molecule has 2 aromatic rings. The van der Waals surface area contributed by atoms with Gasteiger partial charge in [-0.3, -0.25) is 14.8 Å². The average molecular weight is 289 g/mol. The van der Waals surface area contributed by atoms with Gasteiger partial charge in [-0.15, -0.1) is 0 Å². The number of hydrogen-bond acceptors (Lipinski definition) is 5. The average Bonchev–Trinajstić information content (AvgIpc) is 2.76. The minimum atomic E-state index is -0.526. The third-order valence-corrected chi connectivity index (χ3v) is 3.13. The smallest absolute Gasteiger partial charge is 0.338 e. The van der Waals surface area contributed by atoms with E-state index in [4.69, 9.17) is 4.74 Å². The van der Waals surface area contributed by atoms with Crippen LogP contribution in [0, 0.1) is 24.0 Å². The lowest BCUT2D eigenvalue weighted by molar-refractivity contribution is -0.384. The number of rotatable bonds is 4. The van der Waals surface area contributed by atoms with Crippen LogP contribution in [0.3, 0.4) is 0 Å². The van der Waals surface area contributed by atoms with Crippen molar-refractivity contribution >= 4 is 11.7 Å². The highest BCUT2D eigenvalue weighted by molar-refractivity contribution is 5.91. The van der Waals surface area contributed by atoms with Gasteiger partial charge in [-0.1, -0.05) is 0 Å². The molecule has 110 valence electrons. The Morgan fingerprint density at radius 3 is 2.62 bits per heavy atom. The van der Waals surface area contributed by atoms with Gasteiger partial charge in [0.15, 0.2) is 0 Å². The number of benzene rings is 1. The zero-order valence-corrected chi connectivity index (χ0v) is 12.0. The summed E-state index contributed by atoms with van der Waals surface area (Å²) in [6.07, 6.45) is 0. The Bertz CT molecular complexity index is 706. The van der Waals surface area contributed by atoms with Crippen LogP contribution in [0.4, 0.5) is 5.69 Å². The van der Waals surface area contributed by atoms with Crippen LogP contribution in [-0.2, 0) is 11.3 Å². The Morgan fingerprint density at radius 2 is 2.10 bits per heavy atom. The molecule has 1 heterocycles. The largest absolute Gasteiger partial charge is 0.465 e. The second kappa shape index (κ2) is 5.74. The summed E-state index contributed by atoms with van der Waals surface area (Å²) in [4.78, 5) is 22.2. The van der Waals surface area contributed by atoms with Crippen molar-refractivity contribution in [3.05, 3.63) is 56.9 Å². The number of aromatic nitrogens is 2. The molecule has 2 rings (SSSR count). The minimum Gasteiger partial charge on any atom is -0.465 e. The third-order valence-electron chi connectivity index (χ3n) is 3.13. The fraction of sp³-hybridized carbons (Fsp3) is 0.286. The summed E-state index contributed by atoms with van der Waals surface area (Å²) in [7, 11) is 1.27. The van der Waals surface area contributed by atoms with Crippen molar-refractivity contribution in [2.45, 2.75) is 20.4 Å². The Hall–Kier alpha value is -2.70. The number of carbonyl (C=O) groups excluding carboxylic acids is 1. The molecule has 0 bridgehead atoms. The summed E-state index contributed by atoms with van der Waals surface area (Å²) >= 11 is 0. The van der Waals surface area contributed by atoms with E-state index in [1.54, 1.807) is 4.68 Å². The predicted octanol–water partition coefficient (Wildman–Crippen LogP) is 2.24. The number of nitro groups is 1. The highest BCUT2D eigenvalue weighted by atomic mass is 16.6. The van der Waals surface area contributed by atoms with Crippen LogP contribution < -0.4 is 0 Å². The molecule has 21 heavy (non-hydrogen) atoms. The summed E-state index contributed by atoms with van der Waals surface area (Å²) in [6, 6.07) is 5.97. The molecule has 0 radical (unpaired) electrons. The van der Waals surface area contributed by atoms with Crippen molar-refractivity contribution < 1.29 is 14.5 Å². The molecule has 0 spiro atoms. The molecule has 0 aliphatic rings. The first-order valence-corrected chi connectivity index (χ1v) is 6.29. The number of nitro benzene ring substituents is 1. The van der Waals surface area contributed by atoms with Crippen LogP contribution in [-0.4, -0.2) is 27.8 Å². The van der Waals surface area contributed by atoms with E-state index < -0.39 is 10.9 Å². The van der Waals surface area contributed by atoms with Crippen LogP contribution in [0.25, 0.3) is 0 Å². The Labute approximate surface area is 121 Å². The van der Waals surface area contributed by atoms with E-state index in [1.165, 1.54) is 25.3 Å². The van der Waals surface area contributed by atoms with E-state index in [2.05, 4.69) is 5.10 Å². The standard InChI is InChI=1S/C14H15N3O4/c1-9-6-10(2)16(15-9)8-11-7-12(17(19)20)4-5-13(11)14(18)21-3/h4-7H,8H2,1-3H3. The van der Waals surface area contributed by atoms with Crippen LogP contribution in [0.2, 0.25) is 0 Å². The zero-order valence-electron chi connectivity index (χ0n) is 12.0. The molecule has 0 unspecified atom stereocenters. The Kier molecular flexibility index (Phi) is 4.02. The fourth-order valence-electron chi connectivity index (χ4n) is 2.13. The van der Waals surface area contributed by atoms with Crippen LogP contribution in [0.1, 0.15) is 27.3 Å². The van der Waals surface area contributed by atoms with Crippen molar-refractivity contribution in [2.75, 3.05) is 7.11 Å². The number of esters is 1. The molecule has 0 atom stereocenters. The van der Waals surface area contributed by atoms with Crippen LogP contribution in [0.15, 0.2) is 24.3 Å². The quantitative estimate of drug-likeness (QED) is 0.489. The molecule has 1 aromatic carbocycles. The molecular formula is C14H15N3O4. The van der Waals surface area contributed by atoms with E-state index in [9.17, 15) is 14.9 Å². The lowest BCUT2D eigenvalue weighted by Gasteiger charge is -2.09. The SMILES string of the molecule is COC(=O)c1ccc([N+](=O)[O-])cc1Cn1nc(C)cc1C. The molecule has 0 saturated carbocycles. The third kappa shape index (κ3) is 3.07. The lowest BCUT2D eigenvalue weighted by atomic mass is 10.1. The van der Waals surface area contributed by atoms with Gasteiger partial charge < -0.3 is 4.74 Å². The van der Waals surface area contributed by atoms with E-state index in [0.29, 0.717) is 11.1 Å².